The molecule has 1 aromatic carbocycles. The number of carbonyl (C=O) groups excluding carboxylic acids is 1. The third kappa shape index (κ3) is 2.09. The Morgan fingerprint density at radius 3 is 3.00 bits per heavy atom. The smallest absolute Gasteiger partial charge is 0.319 e. The van der Waals surface area contributed by atoms with Crippen molar-refractivity contribution in [2.75, 3.05) is 20.7 Å². The SMILES string of the molecule is COC(=O)CN(C)[C@@H]1CCc2ccccc21. The number of methoxy groups -OCH3 is 1. The van der Waals surface area contributed by atoms with Crippen LogP contribution in [0.3, 0.4) is 0 Å². The molecule has 0 aromatic heterocycles. The van der Waals surface area contributed by atoms with Crippen molar-refractivity contribution < 1.29 is 9.53 Å². The zero-order chi connectivity index (χ0) is 11.5. The first-order chi connectivity index (χ1) is 7.72. The minimum atomic E-state index is -0.174. The lowest BCUT2D eigenvalue weighted by Gasteiger charge is -2.23. The molecule has 86 valence electrons. The maximum Gasteiger partial charge on any atom is 0.319 e. The van der Waals surface area contributed by atoms with E-state index in [-0.39, 0.29) is 5.97 Å². The molecule has 0 N–H and O–H groups in total. The highest BCUT2D eigenvalue weighted by molar-refractivity contribution is 5.71. The summed E-state index contributed by atoms with van der Waals surface area (Å²) in [6, 6.07) is 8.81. The Bertz CT molecular complexity index is 389. The van der Waals surface area contributed by atoms with Crippen molar-refractivity contribution in [3.63, 3.8) is 0 Å². The van der Waals surface area contributed by atoms with Crippen molar-refractivity contribution in [3.05, 3.63) is 35.4 Å². The lowest BCUT2D eigenvalue weighted by atomic mass is 10.1. The van der Waals surface area contributed by atoms with Gasteiger partial charge >= 0.3 is 5.97 Å². The quantitative estimate of drug-likeness (QED) is 0.726. The van der Waals surface area contributed by atoms with E-state index in [0.717, 1.165) is 12.8 Å². The first-order valence-corrected chi connectivity index (χ1v) is 5.57. The maximum absolute atomic E-state index is 11.2. The van der Waals surface area contributed by atoms with Crippen molar-refractivity contribution in [1.29, 1.82) is 0 Å². The third-order valence-corrected chi connectivity index (χ3v) is 3.24. The van der Waals surface area contributed by atoms with Gasteiger partial charge in [0.2, 0.25) is 0 Å². The second-order valence-electron chi connectivity index (χ2n) is 4.24. The minimum absolute atomic E-state index is 0.174. The Morgan fingerprint density at radius 2 is 2.25 bits per heavy atom. The first-order valence-electron chi connectivity index (χ1n) is 5.57. The van der Waals surface area contributed by atoms with E-state index in [0.29, 0.717) is 12.6 Å². The average molecular weight is 219 g/mol. The molecule has 0 fully saturated rings. The van der Waals surface area contributed by atoms with Crippen LogP contribution in [0.1, 0.15) is 23.6 Å². The number of fused-ring (bicyclic) bond motifs is 1. The van der Waals surface area contributed by atoms with Crippen LogP contribution in [0.4, 0.5) is 0 Å². The van der Waals surface area contributed by atoms with Gasteiger partial charge in [-0.3, -0.25) is 9.69 Å². The van der Waals surface area contributed by atoms with E-state index < -0.39 is 0 Å². The Morgan fingerprint density at radius 1 is 1.50 bits per heavy atom. The summed E-state index contributed by atoms with van der Waals surface area (Å²) in [5.41, 5.74) is 2.76. The molecule has 0 spiro atoms. The molecule has 0 bridgehead atoms. The Hall–Kier alpha value is -1.35. The largest absolute Gasteiger partial charge is 0.468 e. The normalized spacial score (nSPS) is 18.6. The van der Waals surface area contributed by atoms with E-state index in [1.807, 2.05) is 7.05 Å². The van der Waals surface area contributed by atoms with Crippen LogP contribution in [0, 0.1) is 0 Å². The predicted octanol–water partition coefficient (Wildman–Crippen LogP) is 1.78. The zero-order valence-electron chi connectivity index (χ0n) is 9.77. The fourth-order valence-electron chi connectivity index (χ4n) is 2.37. The van der Waals surface area contributed by atoms with Gasteiger partial charge in [0, 0.05) is 6.04 Å². The molecule has 0 aliphatic heterocycles. The van der Waals surface area contributed by atoms with Gasteiger partial charge in [-0.1, -0.05) is 24.3 Å². The highest BCUT2D eigenvalue weighted by Crippen LogP contribution is 2.34. The molecule has 16 heavy (non-hydrogen) atoms. The molecule has 0 amide bonds. The molecule has 0 radical (unpaired) electrons. The summed E-state index contributed by atoms with van der Waals surface area (Å²) in [6.45, 7) is 0.357. The topological polar surface area (TPSA) is 29.5 Å². The fraction of sp³-hybridized carbons (Fsp3) is 0.462. The number of benzene rings is 1. The van der Waals surface area contributed by atoms with Crippen molar-refractivity contribution in [2.45, 2.75) is 18.9 Å². The van der Waals surface area contributed by atoms with Crippen LogP contribution in [-0.2, 0) is 16.0 Å². The molecule has 2 rings (SSSR count). The maximum atomic E-state index is 11.2. The lowest BCUT2D eigenvalue weighted by Crippen LogP contribution is -2.29. The van der Waals surface area contributed by atoms with Crippen LogP contribution >= 0.6 is 0 Å². The second kappa shape index (κ2) is 4.66. The van der Waals surface area contributed by atoms with E-state index in [9.17, 15) is 4.79 Å². The number of hydrogen-bond donors (Lipinski definition) is 0. The molecule has 3 heteroatoms. The number of carbonyl (C=O) groups is 1. The number of esters is 1. The lowest BCUT2D eigenvalue weighted by molar-refractivity contribution is -0.142. The molecule has 1 aliphatic carbocycles. The number of ether oxygens (including phenoxy) is 1. The van der Waals surface area contributed by atoms with Crippen LogP contribution in [0.2, 0.25) is 0 Å². The van der Waals surface area contributed by atoms with E-state index in [1.54, 1.807) is 0 Å². The molecule has 0 heterocycles. The van der Waals surface area contributed by atoms with Crippen LogP contribution in [0.15, 0.2) is 24.3 Å². The fourth-order valence-corrected chi connectivity index (χ4v) is 2.37. The summed E-state index contributed by atoms with van der Waals surface area (Å²) in [4.78, 5) is 13.3. The summed E-state index contributed by atoms with van der Waals surface area (Å²) in [6.07, 6.45) is 2.19. The van der Waals surface area contributed by atoms with E-state index in [1.165, 1.54) is 18.2 Å². The highest BCUT2D eigenvalue weighted by Gasteiger charge is 2.26. The van der Waals surface area contributed by atoms with Gasteiger partial charge in [0.15, 0.2) is 0 Å². The molecule has 1 aliphatic rings. The Labute approximate surface area is 96.0 Å². The van der Waals surface area contributed by atoms with Crippen molar-refractivity contribution in [2.24, 2.45) is 0 Å². The zero-order valence-corrected chi connectivity index (χ0v) is 9.77. The highest BCUT2D eigenvalue weighted by atomic mass is 16.5. The van der Waals surface area contributed by atoms with E-state index in [4.69, 9.17) is 0 Å². The van der Waals surface area contributed by atoms with Crippen LogP contribution < -0.4 is 0 Å². The van der Waals surface area contributed by atoms with Gasteiger partial charge in [-0.25, -0.2) is 0 Å². The van der Waals surface area contributed by atoms with Gasteiger partial charge in [-0.15, -0.1) is 0 Å². The van der Waals surface area contributed by atoms with Gasteiger partial charge in [0.05, 0.1) is 13.7 Å². The summed E-state index contributed by atoms with van der Waals surface area (Å²) in [5.74, 6) is -0.174. The van der Waals surface area contributed by atoms with E-state index >= 15 is 0 Å². The number of hydrogen-bond acceptors (Lipinski definition) is 3. The summed E-state index contributed by atoms with van der Waals surface area (Å²) >= 11 is 0. The monoisotopic (exact) mass is 219 g/mol. The number of aryl methyl sites for hydroxylation is 1. The average Bonchev–Trinajstić information content (AvgIpc) is 2.72. The van der Waals surface area contributed by atoms with Gasteiger partial charge in [0.1, 0.15) is 0 Å². The molecule has 0 saturated carbocycles. The van der Waals surface area contributed by atoms with Gasteiger partial charge < -0.3 is 4.74 Å². The molecule has 3 nitrogen and oxygen atoms in total. The van der Waals surface area contributed by atoms with Gasteiger partial charge in [-0.2, -0.15) is 0 Å². The summed E-state index contributed by atoms with van der Waals surface area (Å²) in [7, 11) is 3.41. The standard InChI is InChI=1S/C13H17NO2/c1-14(9-13(15)16-2)12-8-7-10-5-3-4-6-11(10)12/h3-6,12H,7-9H2,1-2H3/t12-/m1/s1. The molecule has 0 saturated heterocycles. The van der Waals surface area contributed by atoms with E-state index in [2.05, 4.69) is 33.9 Å². The first kappa shape index (κ1) is 11.1. The Balaban J connectivity index is 2.10. The van der Waals surface area contributed by atoms with Crippen molar-refractivity contribution >= 4 is 5.97 Å². The second-order valence-corrected chi connectivity index (χ2v) is 4.24. The molecule has 0 unspecified atom stereocenters. The van der Waals surface area contributed by atoms with Crippen LogP contribution in [-0.4, -0.2) is 31.6 Å². The van der Waals surface area contributed by atoms with Gasteiger partial charge in [-0.05, 0) is 31.0 Å². The molecular formula is C13H17NO2. The summed E-state index contributed by atoms with van der Waals surface area (Å²) in [5, 5.41) is 0. The predicted molar refractivity (Wildman–Crippen MR) is 62.2 cm³/mol. The minimum Gasteiger partial charge on any atom is -0.468 e. The number of likely N-dealkylation sites (N-methyl/N-ethyl adjacent to an activating group) is 1. The number of nitrogens with zero attached hydrogens (tertiary/aromatic N) is 1. The van der Waals surface area contributed by atoms with Crippen LogP contribution in [0.5, 0.6) is 0 Å². The molecular weight excluding hydrogens is 202 g/mol. The van der Waals surface area contributed by atoms with Crippen molar-refractivity contribution in [3.8, 4) is 0 Å². The molecule has 1 atom stereocenters. The van der Waals surface area contributed by atoms with Crippen LogP contribution in [0.25, 0.3) is 0 Å². The molecule has 1 aromatic rings. The van der Waals surface area contributed by atoms with Gasteiger partial charge in [0.25, 0.3) is 0 Å². The Kier molecular flexibility index (Phi) is 3.25. The third-order valence-electron chi connectivity index (χ3n) is 3.24. The van der Waals surface area contributed by atoms with Crippen molar-refractivity contribution in [1.82, 2.24) is 4.90 Å². The summed E-state index contributed by atoms with van der Waals surface area (Å²) < 4.78 is 4.69. The number of rotatable bonds is 3.